The summed E-state index contributed by atoms with van der Waals surface area (Å²) in [6.07, 6.45) is 6.21. The second kappa shape index (κ2) is 8.90. The molecule has 2 aromatic carbocycles. The Hall–Kier alpha value is -3.18. The van der Waals surface area contributed by atoms with Gasteiger partial charge in [0.2, 0.25) is 5.91 Å². The Morgan fingerprint density at radius 3 is 2.61 bits per heavy atom. The second-order valence-corrected chi connectivity index (χ2v) is 8.20. The SMILES string of the molecule is C=C(C)C1CCC(/C=C/c2ccc3c(c2OC(C)=O)C(c2ccccc2)CC(=O)N3)O1. The Labute approximate surface area is 182 Å². The number of rotatable bonds is 5. The molecule has 3 atom stereocenters. The fourth-order valence-corrected chi connectivity index (χ4v) is 4.30. The molecule has 0 aromatic heterocycles. The van der Waals surface area contributed by atoms with Gasteiger partial charge >= 0.3 is 5.97 Å². The number of nitrogens with one attached hydrogen (secondary N) is 1. The Morgan fingerprint density at radius 2 is 1.94 bits per heavy atom. The van der Waals surface area contributed by atoms with E-state index in [1.165, 1.54) is 6.92 Å². The molecule has 0 saturated carbocycles. The first-order chi connectivity index (χ1) is 14.9. The predicted molar refractivity (Wildman–Crippen MR) is 121 cm³/mol. The molecule has 2 aliphatic heterocycles. The minimum atomic E-state index is -0.397. The highest BCUT2D eigenvalue weighted by atomic mass is 16.5. The maximum Gasteiger partial charge on any atom is 0.308 e. The average molecular weight is 418 g/mol. The molecule has 0 spiro atoms. The minimum absolute atomic E-state index is 0.00691. The van der Waals surface area contributed by atoms with E-state index in [4.69, 9.17) is 9.47 Å². The fourth-order valence-electron chi connectivity index (χ4n) is 4.30. The highest BCUT2D eigenvalue weighted by molar-refractivity contribution is 5.97. The van der Waals surface area contributed by atoms with Gasteiger partial charge in [0.1, 0.15) is 5.75 Å². The highest BCUT2D eigenvalue weighted by Gasteiger charge is 2.31. The van der Waals surface area contributed by atoms with Crippen LogP contribution in [0.3, 0.4) is 0 Å². The lowest BCUT2D eigenvalue weighted by Gasteiger charge is -2.28. The van der Waals surface area contributed by atoms with Crippen LogP contribution < -0.4 is 10.1 Å². The first-order valence-electron chi connectivity index (χ1n) is 10.6. The lowest BCUT2D eigenvalue weighted by Crippen LogP contribution is -2.25. The van der Waals surface area contributed by atoms with Crippen LogP contribution in [-0.4, -0.2) is 24.1 Å². The van der Waals surface area contributed by atoms with Gasteiger partial charge in [-0.25, -0.2) is 0 Å². The van der Waals surface area contributed by atoms with Crippen molar-refractivity contribution < 1.29 is 19.1 Å². The summed E-state index contributed by atoms with van der Waals surface area (Å²) in [7, 11) is 0. The largest absolute Gasteiger partial charge is 0.426 e. The zero-order valence-corrected chi connectivity index (χ0v) is 17.9. The number of hydrogen-bond donors (Lipinski definition) is 1. The maximum atomic E-state index is 12.4. The quantitative estimate of drug-likeness (QED) is 0.411. The molecule has 2 aliphatic rings. The second-order valence-electron chi connectivity index (χ2n) is 8.20. The summed E-state index contributed by atoms with van der Waals surface area (Å²) in [5.41, 5.74) is 4.34. The van der Waals surface area contributed by atoms with Gasteiger partial charge in [0, 0.05) is 36.1 Å². The van der Waals surface area contributed by atoms with Crippen molar-refractivity contribution in [2.24, 2.45) is 0 Å². The normalized spacial score (nSPS) is 22.8. The topological polar surface area (TPSA) is 64.6 Å². The zero-order chi connectivity index (χ0) is 22.0. The zero-order valence-electron chi connectivity index (χ0n) is 17.9. The van der Waals surface area contributed by atoms with E-state index < -0.39 is 5.97 Å². The van der Waals surface area contributed by atoms with Crippen molar-refractivity contribution in [2.75, 3.05) is 5.32 Å². The first-order valence-corrected chi connectivity index (χ1v) is 10.6. The van der Waals surface area contributed by atoms with Crippen molar-refractivity contribution in [1.29, 1.82) is 0 Å². The molecule has 2 aromatic rings. The molecule has 1 saturated heterocycles. The van der Waals surface area contributed by atoms with E-state index in [2.05, 4.69) is 11.9 Å². The standard InChI is InChI=1S/C26H27NO4/c1-16(2)23-14-12-20(31-23)11-9-19-10-13-22-25(26(19)30-17(3)28)21(15-24(29)27-22)18-7-5-4-6-8-18/h4-11,13,20-21,23H,1,12,14-15H2,2-3H3,(H,27,29)/b11-9+. The molecule has 1 fully saturated rings. The van der Waals surface area contributed by atoms with Crippen LogP contribution in [0.2, 0.25) is 0 Å². The third-order valence-corrected chi connectivity index (χ3v) is 5.78. The van der Waals surface area contributed by atoms with E-state index in [0.717, 1.165) is 35.1 Å². The molecule has 0 radical (unpaired) electrons. The molecule has 5 heteroatoms. The first kappa shape index (κ1) is 21.1. The monoisotopic (exact) mass is 417 g/mol. The Balaban J connectivity index is 1.74. The van der Waals surface area contributed by atoms with Gasteiger partial charge in [-0.3, -0.25) is 9.59 Å². The number of ether oxygens (including phenoxy) is 2. The van der Waals surface area contributed by atoms with Gasteiger partial charge in [-0.2, -0.15) is 0 Å². The predicted octanol–water partition coefficient (Wildman–Crippen LogP) is 5.22. The average Bonchev–Trinajstić information content (AvgIpc) is 3.22. The number of esters is 1. The molecule has 0 bridgehead atoms. The Kier molecular flexibility index (Phi) is 6.05. The number of fused-ring (bicyclic) bond motifs is 1. The summed E-state index contributed by atoms with van der Waals surface area (Å²) >= 11 is 0. The van der Waals surface area contributed by atoms with Crippen LogP contribution in [0.1, 0.15) is 55.7 Å². The number of amides is 1. The van der Waals surface area contributed by atoms with Gasteiger partial charge in [0.05, 0.1) is 12.2 Å². The van der Waals surface area contributed by atoms with Gasteiger partial charge in [-0.15, -0.1) is 0 Å². The van der Waals surface area contributed by atoms with E-state index in [0.29, 0.717) is 17.9 Å². The number of carbonyl (C=O) groups is 2. The van der Waals surface area contributed by atoms with Crippen molar-refractivity contribution in [2.45, 2.75) is 51.2 Å². The highest BCUT2D eigenvalue weighted by Crippen LogP contribution is 2.45. The summed E-state index contributed by atoms with van der Waals surface area (Å²) in [5, 5.41) is 2.93. The van der Waals surface area contributed by atoms with Gasteiger partial charge in [0.15, 0.2) is 0 Å². The van der Waals surface area contributed by atoms with Crippen molar-refractivity contribution in [3.63, 3.8) is 0 Å². The van der Waals surface area contributed by atoms with Crippen LogP contribution in [0, 0.1) is 0 Å². The van der Waals surface area contributed by atoms with Crippen molar-refractivity contribution >= 4 is 23.6 Å². The number of hydrogen-bond acceptors (Lipinski definition) is 4. The lowest BCUT2D eigenvalue weighted by molar-refractivity contribution is -0.131. The molecule has 2 heterocycles. The molecule has 160 valence electrons. The Morgan fingerprint density at radius 1 is 1.16 bits per heavy atom. The molecular weight excluding hydrogens is 390 g/mol. The van der Waals surface area contributed by atoms with Gasteiger partial charge in [-0.05, 0) is 37.5 Å². The number of benzene rings is 2. The molecule has 4 rings (SSSR count). The van der Waals surface area contributed by atoms with Crippen LogP contribution in [0.25, 0.3) is 6.08 Å². The third-order valence-electron chi connectivity index (χ3n) is 5.78. The van der Waals surface area contributed by atoms with Gasteiger partial charge in [0.25, 0.3) is 0 Å². The van der Waals surface area contributed by atoms with E-state index in [1.807, 2.05) is 61.5 Å². The fraction of sp³-hybridized carbons (Fsp3) is 0.308. The summed E-state index contributed by atoms with van der Waals surface area (Å²) in [5.74, 6) is -0.150. The van der Waals surface area contributed by atoms with Crippen LogP contribution in [0.5, 0.6) is 5.75 Å². The number of carbonyl (C=O) groups excluding carboxylic acids is 2. The summed E-state index contributed by atoms with van der Waals surface area (Å²) < 4.78 is 11.7. The minimum Gasteiger partial charge on any atom is -0.426 e. The third kappa shape index (κ3) is 4.62. The van der Waals surface area contributed by atoms with Crippen LogP contribution in [0.15, 0.2) is 60.7 Å². The summed E-state index contributed by atoms with van der Waals surface area (Å²) in [4.78, 5) is 24.3. The van der Waals surface area contributed by atoms with Crippen molar-refractivity contribution in [3.05, 3.63) is 77.4 Å². The van der Waals surface area contributed by atoms with E-state index in [1.54, 1.807) is 0 Å². The molecule has 3 unspecified atom stereocenters. The summed E-state index contributed by atoms with van der Waals surface area (Å²) in [6, 6.07) is 13.6. The van der Waals surface area contributed by atoms with E-state index >= 15 is 0 Å². The van der Waals surface area contributed by atoms with Crippen molar-refractivity contribution in [1.82, 2.24) is 0 Å². The van der Waals surface area contributed by atoms with E-state index in [9.17, 15) is 9.59 Å². The van der Waals surface area contributed by atoms with Gasteiger partial charge in [-0.1, -0.05) is 54.6 Å². The van der Waals surface area contributed by atoms with E-state index in [-0.39, 0.29) is 24.0 Å². The molecule has 31 heavy (non-hydrogen) atoms. The maximum absolute atomic E-state index is 12.4. The van der Waals surface area contributed by atoms with Crippen molar-refractivity contribution in [3.8, 4) is 5.75 Å². The van der Waals surface area contributed by atoms with Crippen LogP contribution in [0.4, 0.5) is 5.69 Å². The molecule has 1 N–H and O–H groups in total. The Bertz CT molecular complexity index is 1040. The van der Waals surface area contributed by atoms with Crippen LogP contribution >= 0.6 is 0 Å². The summed E-state index contributed by atoms with van der Waals surface area (Å²) in [6.45, 7) is 7.36. The molecule has 5 nitrogen and oxygen atoms in total. The van der Waals surface area contributed by atoms with Crippen LogP contribution in [-0.2, 0) is 14.3 Å². The van der Waals surface area contributed by atoms with Gasteiger partial charge < -0.3 is 14.8 Å². The molecular formula is C26H27NO4. The lowest BCUT2D eigenvalue weighted by atomic mass is 9.83. The number of anilines is 1. The molecule has 0 aliphatic carbocycles. The smallest absolute Gasteiger partial charge is 0.308 e. The molecule has 1 amide bonds.